The summed E-state index contributed by atoms with van der Waals surface area (Å²) in [6.45, 7) is 0. The number of aromatic nitrogens is 1. The molecule has 0 unspecified atom stereocenters. The van der Waals surface area contributed by atoms with Gasteiger partial charge in [-0.05, 0) is 48.5 Å². The molecule has 0 radical (unpaired) electrons. The smallest absolute Gasteiger partial charge is 0.337 e. The van der Waals surface area contributed by atoms with Gasteiger partial charge in [0.05, 0.1) is 31.7 Å². The standard InChI is InChI=1S/C21H19N3O4/c1-27-18-5-3-4-16(12-18)24-20(25)19-11-10-17(13-22-19)23-15-8-6-14(7-9-15)21(26)28-2/h3-13,23H,1-2H3,(H,24,25). The summed E-state index contributed by atoms with van der Waals surface area (Å²) in [5.41, 5.74) is 2.87. The molecular weight excluding hydrogens is 358 g/mol. The highest BCUT2D eigenvalue weighted by Gasteiger charge is 2.09. The maximum Gasteiger partial charge on any atom is 0.337 e. The molecule has 3 rings (SSSR count). The number of ether oxygens (including phenoxy) is 2. The Labute approximate surface area is 162 Å². The van der Waals surface area contributed by atoms with Crippen LogP contribution in [0.4, 0.5) is 17.1 Å². The third-order valence-corrected chi connectivity index (χ3v) is 3.92. The number of benzene rings is 2. The molecule has 0 bridgehead atoms. The molecule has 0 atom stereocenters. The lowest BCUT2D eigenvalue weighted by Gasteiger charge is -2.09. The number of methoxy groups -OCH3 is 2. The van der Waals surface area contributed by atoms with Crippen LogP contribution in [0.5, 0.6) is 5.75 Å². The summed E-state index contributed by atoms with van der Waals surface area (Å²) in [5, 5.41) is 5.93. The molecule has 3 aromatic rings. The number of amides is 1. The number of anilines is 3. The molecule has 0 saturated carbocycles. The molecule has 0 aliphatic carbocycles. The summed E-state index contributed by atoms with van der Waals surface area (Å²) >= 11 is 0. The van der Waals surface area contributed by atoms with E-state index in [1.54, 1.807) is 74.0 Å². The fraction of sp³-hybridized carbons (Fsp3) is 0.0952. The van der Waals surface area contributed by atoms with Crippen LogP contribution < -0.4 is 15.4 Å². The van der Waals surface area contributed by atoms with E-state index < -0.39 is 0 Å². The molecule has 1 aromatic heterocycles. The Kier molecular flexibility index (Phi) is 5.86. The van der Waals surface area contributed by atoms with E-state index in [2.05, 4.69) is 20.4 Å². The van der Waals surface area contributed by atoms with Gasteiger partial charge in [0.25, 0.3) is 5.91 Å². The normalized spacial score (nSPS) is 10.1. The topological polar surface area (TPSA) is 89.5 Å². The molecule has 0 aliphatic heterocycles. The van der Waals surface area contributed by atoms with Gasteiger partial charge in [0.1, 0.15) is 11.4 Å². The Morgan fingerprint density at radius 1 is 0.893 bits per heavy atom. The molecule has 2 aromatic carbocycles. The number of esters is 1. The minimum atomic E-state index is -0.389. The summed E-state index contributed by atoms with van der Waals surface area (Å²) < 4.78 is 9.81. The minimum absolute atomic E-state index is 0.286. The van der Waals surface area contributed by atoms with Crippen molar-refractivity contribution in [2.24, 2.45) is 0 Å². The van der Waals surface area contributed by atoms with E-state index >= 15 is 0 Å². The van der Waals surface area contributed by atoms with Gasteiger partial charge >= 0.3 is 5.97 Å². The van der Waals surface area contributed by atoms with Gasteiger partial charge in [-0.2, -0.15) is 0 Å². The quantitative estimate of drug-likeness (QED) is 0.634. The van der Waals surface area contributed by atoms with Crippen LogP contribution in [0, 0.1) is 0 Å². The molecule has 0 aliphatic rings. The van der Waals surface area contributed by atoms with Crippen LogP contribution in [0.3, 0.4) is 0 Å². The number of hydrogen-bond acceptors (Lipinski definition) is 6. The molecule has 7 nitrogen and oxygen atoms in total. The summed E-state index contributed by atoms with van der Waals surface area (Å²) in [4.78, 5) is 28.0. The summed E-state index contributed by atoms with van der Waals surface area (Å²) in [6.07, 6.45) is 1.56. The second kappa shape index (κ2) is 8.68. The van der Waals surface area contributed by atoms with Crippen LogP contribution in [-0.2, 0) is 4.74 Å². The first kappa shape index (κ1) is 18.9. The molecule has 7 heteroatoms. The van der Waals surface area contributed by atoms with Crippen molar-refractivity contribution >= 4 is 28.9 Å². The zero-order chi connectivity index (χ0) is 19.9. The van der Waals surface area contributed by atoms with E-state index in [1.165, 1.54) is 7.11 Å². The molecule has 0 saturated heterocycles. The van der Waals surface area contributed by atoms with Gasteiger partial charge in [0, 0.05) is 17.4 Å². The maximum absolute atomic E-state index is 12.3. The van der Waals surface area contributed by atoms with Crippen LogP contribution in [-0.4, -0.2) is 31.1 Å². The molecule has 1 heterocycles. The van der Waals surface area contributed by atoms with E-state index in [9.17, 15) is 9.59 Å². The van der Waals surface area contributed by atoms with E-state index in [4.69, 9.17) is 4.74 Å². The predicted octanol–water partition coefficient (Wildman–Crippen LogP) is 3.87. The number of nitrogens with zero attached hydrogens (tertiary/aromatic N) is 1. The fourth-order valence-corrected chi connectivity index (χ4v) is 2.47. The number of pyridine rings is 1. The van der Waals surface area contributed by atoms with E-state index in [0.717, 1.165) is 5.69 Å². The monoisotopic (exact) mass is 377 g/mol. The van der Waals surface area contributed by atoms with Crippen molar-refractivity contribution in [3.05, 3.63) is 78.1 Å². The lowest BCUT2D eigenvalue weighted by atomic mass is 10.2. The highest BCUT2D eigenvalue weighted by molar-refractivity contribution is 6.03. The van der Waals surface area contributed by atoms with E-state index in [-0.39, 0.29) is 17.6 Å². The van der Waals surface area contributed by atoms with Gasteiger partial charge in [-0.1, -0.05) is 6.07 Å². The largest absolute Gasteiger partial charge is 0.497 e. The Balaban J connectivity index is 1.64. The highest BCUT2D eigenvalue weighted by atomic mass is 16.5. The first-order valence-electron chi connectivity index (χ1n) is 8.46. The third-order valence-electron chi connectivity index (χ3n) is 3.92. The van der Waals surface area contributed by atoms with Gasteiger partial charge in [0.15, 0.2) is 0 Å². The summed E-state index contributed by atoms with van der Waals surface area (Å²) in [7, 11) is 2.91. The number of rotatable bonds is 6. The molecular formula is C21H19N3O4. The average Bonchev–Trinajstić information content (AvgIpc) is 2.74. The SMILES string of the molecule is COC(=O)c1ccc(Nc2ccc(C(=O)Nc3cccc(OC)c3)nc2)cc1. The number of hydrogen-bond donors (Lipinski definition) is 2. The summed E-state index contributed by atoms with van der Waals surface area (Å²) in [5.74, 6) is -0.0506. The van der Waals surface area contributed by atoms with Crippen molar-refractivity contribution in [1.82, 2.24) is 4.98 Å². The van der Waals surface area contributed by atoms with Crippen molar-refractivity contribution in [1.29, 1.82) is 0 Å². The van der Waals surface area contributed by atoms with E-state index in [1.807, 2.05) is 0 Å². The zero-order valence-corrected chi connectivity index (χ0v) is 15.4. The van der Waals surface area contributed by atoms with Crippen molar-refractivity contribution in [3.63, 3.8) is 0 Å². The lowest BCUT2D eigenvalue weighted by molar-refractivity contribution is 0.0600. The summed E-state index contributed by atoms with van der Waals surface area (Å²) in [6, 6.07) is 17.3. The third kappa shape index (κ3) is 4.64. The lowest BCUT2D eigenvalue weighted by Crippen LogP contribution is -2.13. The Morgan fingerprint density at radius 3 is 2.29 bits per heavy atom. The van der Waals surface area contributed by atoms with E-state index in [0.29, 0.717) is 22.7 Å². The van der Waals surface area contributed by atoms with Crippen molar-refractivity contribution < 1.29 is 19.1 Å². The van der Waals surface area contributed by atoms with Crippen LogP contribution >= 0.6 is 0 Å². The number of carbonyl (C=O) groups is 2. The van der Waals surface area contributed by atoms with Gasteiger partial charge in [-0.3, -0.25) is 4.79 Å². The van der Waals surface area contributed by atoms with Crippen LogP contribution in [0.25, 0.3) is 0 Å². The van der Waals surface area contributed by atoms with Gasteiger partial charge < -0.3 is 20.1 Å². The first-order chi connectivity index (χ1) is 13.6. The Hall–Kier alpha value is -3.87. The van der Waals surface area contributed by atoms with Crippen LogP contribution in [0.15, 0.2) is 66.9 Å². The zero-order valence-electron chi connectivity index (χ0n) is 15.4. The van der Waals surface area contributed by atoms with Crippen LogP contribution in [0.2, 0.25) is 0 Å². The molecule has 0 fully saturated rings. The molecule has 2 N–H and O–H groups in total. The van der Waals surface area contributed by atoms with Gasteiger partial charge in [-0.25, -0.2) is 9.78 Å². The van der Waals surface area contributed by atoms with Gasteiger partial charge in [-0.15, -0.1) is 0 Å². The first-order valence-corrected chi connectivity index (χ1v) is 8.46. The van der Waals surface area contributed by atoms with Crippen molar-refractivity contribution in [2.75, 3.05) is 24.9 Å². The predicted molar refractivity (Wildman–Crippen MR) is 106 cm³/mol. The van der Waals surface area contributed by atoms with Crippen molar-refractivity contribution in [3.8, 4) is 5.75 Å². The molecule has 28 heavy (non-hydrogen) atoms. The second-order valence-electron chi connectivity index (χ2n) is 5.81. The highest BCUT2D eigenvalue weighted by Crippen LogP contribution is 2.19. The minimum Gasteiger partial charge on any atom is -0.497 e. The number of carbonyl (C=O) groups excluding carboxylic acids is 2. The molecule has 142 valence electrons. The van der Waals surface area contributed by atoms with Crippen LogP contribution in [0.1, 0.15) is 20.8 Å². The van der Waals surface area contributed by atoms with Crippen molar-refractivity contribution in [2.45, 2.75) is 0 Å². The Morgan fingerprint density at radius 2 is 1.64 bits per heavy atom. The average molecular weight is 377 g/mol. The maximum atomic E-state index is 12.3. The Bertz CT molecular complexity index is 970. The molecule has 0 spiro atoms. The number of nitrogens with one attached hydrogen (secondary N) is 2. The molecule has 1 amide bonds. The van der Waals surface area contributed by atoms with Gasteiger partial charge in [0.2, 0.25) is 0 Å². The second-order valence-corrected chi connectivity index (χ2v) is 5.81. The fourth-order valence-electron chi connectivity index (χ4n) is 2.47.